The Morgan fingerprint density at radius 2 is 1.65 bits per heavy atom. The highest BCUT2D eigenvalue weighted by atomic mass is 32.2. The normalized spacial score (nSPS) is 24.6. The molecule has 142 valence electrons. The molecule has 0 aliphatic carbocycles. The van der Waals surface area contributed by atoms with Crippen LogP contribution < -0.4 is 0 Å². The molecular weight excluding hydrogens is 356 g/mol. The number of amides is 1. The van der Waals surface area contributed by atoms with Crippen LogP contribution in [0.15, 0.2) is 29.2 Å². The summed E-state index contributed by atoms with van der Waals surface area (Å²) in [6.45, 7) is 2.52. The molecule has 2 fully saturated rings. The Morgan fingerprint density at radius 3 is 2.31 bits per heavy atom. The van der Waals surface area contributed by atoms with E-state index in [2.05, 4.69) is 0 Å². The molecule has 2 heterocycles. The lowest BCUT2D eigenvalue weighted by atomic mass is 10.0. The number of carbonyl (C=O) groups is 2. The molecule has 2 unspecified atom stereocenters. The molecule has 8 heteroatoms. The summed E-state index contributed by atoms with van der Waals surface area (Å²) >= 11 is 0. The third kappa shape index (κ3) is 3.48. The van der Waals surface area contributed by atoms with E-state index in [1.807, 2.05) is 6.92 Å². The highest BCUT2D eigenvalue weighted by Crippen LogP contribution is 2.29. The van der Waals surface area contributed by atoms with E-state index in [1.54, 1.807) is 24.3 Å². The summed E-state index contributed by atoms with van der Waals surface area (Å²) < 4.78 is 27.4. The van der Waals surface area contributed by atoms with E-state index >= 15 is 0 Å². The molecule has 0 radical (unpaired) electrons. The number of benzene rings is 1. The Kier molecular flexibility index (Phi) is 5.34. The number of sulfonamides is 1. The van der Waals surface area contributed by atoms with Crippen LogP contribution in [0.3, 0.4) is 0 Å². The third-order valence-electron chi connectivity index (χ3n) is 5.19. The number of nitrogens with zero attached hydrogens (tertiary/aromatic N) is 2. The van der Waals surface area contributed by atoms with Crippen molar-refractivity contribution in [2.75, 3.05) is 13.1 Å². The lowest BCUT2D eigenvalue weighted by molar-refractivity contribution is -0.150. The molecule has 0 saturated carbocycles. The maximum atomic E-state index is 13.1. The van der Waals surface area contributed by atoms with Crippen LogP contribution in [0.25, 0.3) is 0 Å². The number of hydrogen-bond donors (Lipinski definition) is 1. The minimum Gasteiger partial charge on any atom is -0.480 e. The van der Waals surface area contributed by atoms with Crippen molar-refractivity contribution in [1.29, 1.82) is 0 Å². The molecule has 1 aromatic rings. The zero-order valence-electron chi connectivity index (χ0n) is 14.8. The molecule has 0 spiro atoms. The molecule has 0 aromatic heterocycles. The summed E-state index contributed by atoms with van der Waals surface area (Å²) in [6, 6.07) is 4.89. The lowest BCUT2D eigenvalue weighted by Crippen LogP contribution is -2.54. The predicted molar refractivity (Wildman–Crippen MR) is 95.1 cm³/mol. The summed E-state index contributed by atoms with van der Waals surface area (Å²) in [5.74, 6) is -1.41. The zero-order valence-corrected chi connectivity index (χ0v) is 15.6. The van der Waals surface area contributed by atoms with Gasteiger partial charge in [0.1, 0.15) is 12.1 Å². The molecule has 2 aliphatic heterocycles. The second-order valence-corrected chi connectivity index (χ2v) is 8.86. The van der Waals surface area contributed by atoms with Gasteiger partial charge in [0.25, 0.3) is 0 Å². The number of carboxylic acids is 1. The monoisotopic (exact) mass is 380 g/mol. The topological polar surface area (TPSA) is 95.0 Å². The standard InChI is InChI=1S/C18H24N2O5S/c1-13-7-9-14(10-8-13)26(24,25)20-12-3-2-5-15(20)17(21)19-11-4-6-16(19)18(22)23/h7-10,15-16H,2-6,11-12H2,1H3,(H,22,23). The molecule has 7 nitrogen and oxygen atoms in total. The SMILES string of the molecule is Cc1ccc(S(=O)(=O)N2CCCCC2C(=O)N2CCCC2C(=O)O)cc1. The quantitative estimate of drug-likeness (QED) is 0.856. The predicted octanol–water partition coefficient (Wildman–Crippen LogP) is 1.61. The molecule has 2 aliphatic rings. The third-order valence-corrected chi connectivity index (χ3v) is 7.11. The van der Waals surface area contributed by atoms with E-state index in [0.29, 0.717) is 32.2 Å². The number of carbonyl (C=O) groups excluding carboxylic acids is 1. The maximum Gasteiger partial charge on any atom is 0.326 e. The molecule has 3 rings (SSSR count). The Hall–Kier alpha value is -1.93. The van der Waals surface area contributed by atoms with Gasteiger partial charge in [-0.1, -0.05) is 24.1 Å². The average Bonchev–Trinajstić information content (AvgIpc) is 3.11. The van der Waals surface area contributed by atoms with Gasteiger partial charge in [-0.2, -0.15) is 4.31 Å². The summed E-state index contributed by atoms with van der Waals surface area (Å²) in [5, 5.41) is 9.33. The molecule has 1 amide bonds. The highest BCUT2D eigenvalue weighted by molar-refractivity contribution is 7.89. The number of aliphatic carboxylic acids is 1. The molecule has 26 heavy (non-hydrogen) atoms. The number of piperidine rings is 1. The molecular formula is C18H24N2O5S. The van der Waals surface area contributed by atoms with Crippen LogP contribution in [0, 0.1) is 6.92 Å². The van der Waals surface area contributed by atoms with Crippen molar-refractivity contribution in [3.63, 3.8) is 0 Å². The summed E-state index contributed by atoms with van der Waals surface area (Å²) in [5.41, 5.74) is 0.955. The van der Waals surface area contributed by atoms with Crippen molar-refractivity contribution in [1.82, 2.24) is 9.21 Å². The van der Waals surface area contributed by atoms with Crippen molar-refractivity contribution in [3.8, 4) is 0 Å². The van der Waals surface area contributed by atoms with Crippen molar-refractivity contribution in [3.05, 3.63) is 29.8 Å². The fourth-order valence-electron chi connectivity index (χ4n) is 3.76. The van der Waals surface area contributed by atoms with Gasteiger partial charge in [-0.3, -0.25) is 4.79 Å². The first kappa shape index (κ1) is 18.8. The van der Waals surface area contributed by atoms with Crippen LogP contribution in [-0.2, 0) is 19.6 Å². The number of hydrogen-bond acceptors (Lipinski definition) is 4. The van der Waals surface area contributed by atoms with Crippen LogP contribution in [0.4, 0.5) is 0 Å². The second-order valence-electron chi connectivity index (χ2n) is 6.97. The molecule has 2 atom stereocenters. The largest absolute Gasteiger partial charge is 0.480 e. The molecule has 0 bridgehead atoms. The Balaban J connectivity index is 1.89. The van der Waals surface area contributed by atoms with E-state index < -0.39 is 28.1 Å². The summed E-state index contributed by atoms with van der Waals surface area (Å²) in [4.78, 5) is 25.9. The molecule has 2 saturated heterocycles. The number of carboxylic acid groups (broad SMARTS) is 1. The van der Waals surface area contributed by atoms with Crippen LogP contribution in [0.5, 0.6) is 0 Å². The van der Waals surface area contributed by atoms with Crippen LogP contribution in [0.1, 0.15) is 37.7 Å². The minimum absolute atomic E-state index is 0.166. The van der Waals surface area contributed by atoms with Crippen molar-refractivity contribution in [2.24, 2.45) is 0 Å². The van der Waals surface area contributed by atoms with Gasteiger partial charge < -0.3 is 10.0 Å². The van der Waals surface area contributed by atoms with E-state index in [-0.39, 0.29) is 17.3 Å². The maximum absolute atomic E-state index is 13.1. The number of aryl methyl sites for hydroxylation is 1. The average molecular weight is 380 g/mol. The van der Waals surface area contributed by atoms with Gasteiger partial charge in [0.2, 0.25) is 15.9 Å². The van der Waals surface area contributed by atoms with Crippen molar-refractivity contribution < 1.29 is 23.1 Å². The van der Waals surface area contributed by atoms with E-state index in [9.17, 15) is 23.1 Å². The van der Waals surface area contributed by atoms with Crippen molar-refractivity contribution in [2.45, 2.75) is 56.0 Å². The van der Waals surface area contributed by atoms with Gasteiger partial charge in [0, 0.05) is 13.1 Å². The number of likely N-dealkylation sites (tertiary alicyclic amines) is 1. The smallest absolute Gasteiger partial charge is 0.326 e. The first-order valence-corrected chi connectivity index (χ1v) is 10.4. The number of rotatable bonds is 4. The fourth-order valence-corrected chi connectivity index (χ4v) is 5.41. The van der Waals surface area contributed by atoms with Gasteiger partial charge in [0.15, 0.2) is 0 Å². The van der Waals surface area contributed by atoms with Crippen LogP contribution >= 0.6 is 0 Å². The van der Waals surface area contributed by atoms with Gasteiger partial charge >= 0.3 is 5.97 Å². The van der Waals surface area contributed by atoms with Gasteiger partial charge in [0.05, 0.1) is 4.90 Å². The zero-order chi connectivity index (χ0) is 18.9. The first-order chi connectivity index (χ1) is 12.3. The Morgan fingerprint density at radius 1 is 1.00 bits per heavy atom. The van der Waals surface area contributed by atoms with Gasteiger partial charge in [-0.05, 0) is 44.7 Å². The van der Waals surface area contributed by atoms with E-state index in [0.717, 1.165) is 12.0 Å². The molecule has 1 aromatic carbocycles. The van der Waals surface area contributed by atoms with Crippen molar-refractivity contribution >= 4 is 21.9 Å². The van der Waals surface area contributed by atoms with Crippen LogP contribution in [0.2, 0.25) is 0 Å². The van der Waals surface area contributed by atoms with Gasteiger partial charge in [-0.15, -0.1) is 0 Å². The summed E-state index contributed by atoms with van der Waals surface area (Å²) in [7, 11) is -3.80. The Bertz CT molecular complexity index is 790. The first-order valence-electron chi connectivity index (χ1n) is 8.94. The molecule has 1 N–H and O–H groups in total. The highest BCUT2D eigenvalue weighted by Gasteiger charge is 2.43. The Labute approximate surface area is 153 Å². The van der Waals surface area contributed by atoms with Gasteiger partial charge in [-0.25, -0.2) is 13.2 Å². The minimum atomic E-state index is -3.80. The lowest BCUT2D eigenvalue weighted by Gasteiger charge is -2.36. The fraction of sp³-hybridized carbons (Fsp3) is 0.556. The van der Waals surface area contributed by atoms with E-state index in [4.69, 9.17) is 0 Å². The van der Waals surface area contributed by atoms with E-state index in [1.165, 1.54) is 9.21 Å². The van der Waals surface area contributed by atoms with Crippen LogP contribution in [-0.4, -0.2) is 59.8 Å². The summed E-state index contributed by atoms with van der Waals surface area (Å²) in [6.07, 6.45) is 2.91. The second kappa shape index (κ2) is 7.36.